The van der Waals surface area contributed by atoms with E-state index in [2.05, 4.69) is 6.58 Å². The molecule has 0 aliphatic heterocycles. The van der Waals surface area contributed by atoms with Crippen LogP contribution in [0.4, 0.5) is 0 Å². The van der Waals surface area contributed by atoms with Gasteiger partial charge in [-0.3, -0.25) is 4.79 Å². The van der Waals surface area contributed by atoms with Crippen LogP contribution in [0, 0.1) is 0 Å². The zero-order valence-electron chi connectivity index (χ0n) is 12.7. The van der Waals surface area contributed by atoms with Gasteiger partial charge in [0.2, 0.25) is 0 Å². The molecule has 0 aliphatic carbocycles. The number of hydrogen-bond acceptors (Lipinski definition) is 3. The molecule has 0 fully saturated rings. The molecule has 0 bridgehead atoms. The Morgan fingerprint density at radius 3 is 1.96 bits per heavy atom. The fourth-order valence-corrected chi connectivity index (χ4v) is 3.08. The third-order valence-corrected chi connectivity index (χ3v) is 4.63. The van der Waals surface area contributed by atoms with Crippen molar-refractivity contribution in [3.05, 3.63) is 89.3 Å². The van der Waals surface area contributed by atoms with E-state index in [4.69, 9.17) is 5.11 Å². The van der Waals surface area contributed by atoms with Crippen molar-refractivity contribution in [3.8, 4) is 10.4 Å². The number of allylic oxidation sites excluding steroid dienone is 1. The van der Waals surface area contributed by atoms with Crippen molar-refractivity contribution < 1.29 is 14.7 Å². The highest BCUT2D eigenvalue weighted by Crippen LogP contribution is 2.27. The molecule has 0 spiro atoms. The Labute approximate surface area is 143 Å². The van der Waals surface area contributed by atoms with Crippen LogP contribution in [0.2, 0.25) is 0 Å². The van der Waals surface area contributed by atoms with Crippen molar-refractivity contribution in [2.45, 2.75) is 0 Å². The fraction of sp³-hybridized carbons (Fsp3) is 0. The van der Waals surface area contributed by atoms with Gasteiger partial charge in [0.05, 0.1) is 5.56 Å². The van der Waals surface area contributed by atoms with Crippen molar-refractivity contribution in [1.82, 2.24) is 0 Å². The highest BCUT2D eigenvalue weighted by atomic mass is 32.1. The number of carbonyl (C=O) groups excluding carboxylic acids is 1. The van der Waals surface area contributed by atoms with Gasteiger partial charge < -0.3 is 5.11 Å². The SMILES string of the molecule is C=C(C(=O)c1ccc(C(=O)O)cc1)c1ccc(-c2cccs2)cc1. The Morgan fingerprint density at radius 2 is 1.42 bits per heavy atom. The Hall–Kier alpha value is -2.98. The predicted molar refractivity (Wildman–Crippen MR) is 96.5 cm³/mol. The third kappa shape index (κ3) is 3.19. The van der Waals surface area contributed by atoms with E-state index < -0.39 is 5.97 Å². The molecule has 0 amide bonds. The molecule has 3 rings (SSSR count). The van der Waals surface area contributed by atoms with E-state index in [1.54, 1.807) is 11.3 Å². The van der Waals surface area contributed by atoms with Crippen LogP contribution >= 0.6 is 11.3 Å². The molecule has 0 radical (unpaired) electrons. The van der Waals surface area contributed by atoms with Gasteiger partial charge in [0, 0.05) is 16.0 Å². The molecule has 118 valence electrons. The summed E-state index contributed by atoms with van der Waals surface area (Å²) in [5, 5.41) is 10.9. The highest BCUT2D eigenvalue weighted by Gasteiger charge is 2.13. The lowest BCUT2D eigenvalue weighted by Crippen LogP contribution is -2.03. The van der Waals surface area contributed by atoms with Crippen LogP contribution in [0.15, 0.2) is 72.6 Å². The number of benzene rings is 2. The first-order valence-corrected chi connectivity index (χ1v) is 8.15. The zero-order chi connectivity index (χ0) is 17.1. The average Bonchev–Trinajstić information content (AvgIpc) is 3.15. The summed E-state index contributed by atoms with van der Waals surface area (Å²) in [4.78, 5) is 24.5. The average molecular weight is 334 g/mol. The normalized spacial score (nSPS) is 10.3. The Morgan fingerprint density at radius 1 is 0.833 bits per heavy atom. The van der Waals surface area contributed by atoms with Gasteiger partial charge >= 0.3 is 5.97 Å². The highest BCUT2D eigenvalue weighted by molar-refractivity contribution is 7.13. The number of Topliss-reactive ketones (excluding diaryl/α,β-unsaturated/α-hetero) is 1. The number of aromatic carboxylic acids is 1. The first-order valence-electron chi connectivity index (χ1n) is 7.27. The molecule has 0 atom stereocenters. The van der Waals surface area contributed by atoms with Crippen molar-refractivity contribution in [2.75, 3.05) is 0 Å². The van der Waals surface area contributed by atoms with Crippen LogP contribution in [0.3, 0.4) is 0 Å². The van der Waals surface area contributed by atoms with Crippen LogP contribution in [-0.4, -0.2) is 16.9 Å². The molecular formula is C20H14O3S. The smallest absolute Gasteiger partial charge is 0.335 e. The van der Waals surface area contributed by atoms with Gasteiger partial charge in [0.25, 0.3) is 0 Å². The molecule has 0 saturated carbocycles. The van der Waals surface area contributed by atoms with Crippen LogP contribution in [0.1, 0.15) is 26.3 Å². The number of carbonyl (C=O) groups is 2. The lowest BCUT2D eigenvalue weighted by Gasteiger charge is -2.07. The largest absolute Gasteiger partial charge is 0.478 e. The van der Waals surface area contributed by atoms with E-state index in [9.17, 15) is 9.59 Å². The van der Waals surface area contributed by atoms with E-state index in [-0.39, 0.29) is 11.3 Å². The Bertz CT molecular complexity index is 889. The quantitative estimate of drug-likeness (QED) is 0.527. The number of ketones is 1. The number of carboxylic acids is 1. The maximum absolute atomic E-state index is 12.5. The maximum Gasteiger partial charge on any atom is 0.335 e. The van der Waals surface area contributed by atoms with Crippen molar-refractivity contribution >= 4 is 28.7 Å². The standard InChI is InChI=1S/C20H14O3S/c1-13(19(21)16-8-10-17(11-9-16)20(22)23)14-4-6-15(7-5-14)18-3-2-12-24-18/h2-12H,1H2,(H,22,23). The molecule has 4 heteroatoms. The van der Waals surface area contributed by atoms with Crippen LogP contribution in [0.5, 0.6) is 0 Å². The maximum atomic E-state index is 12.5. The van der Waals surface area contributed by atoms with Gasteiger partial charge in [-0.25, -0.2) is 4.79 Å². The van der Waals surface area contributed by atoms with Gasteiger partial charge in [-0.2, -0.15) is 0 Å². The molecule has 24 heavy (non-hydrogen) atoms. The van der Waals surface area contributed by atoms with E-state index in [0.717, 1.165) is 11.1 Å². The topological polar surface area (TPSA) is 54.4 Å². The molecule has 1 N–H and O–H groups in total. The summed E-state index contributed by atoms with van der Waals surface area (Å²) in [5.74, 6) is -1.23. The first kappa shape index (κ1) is 15.9. The van der Waals surface area contributed by atoms with Crippen molar-refractivity contribution in [3.63, 3.8) is 0 Å². The van der Waals surface area contributed by atoms with E-state index >= 15 is 0 Å². The first-order chi connectivity index (χ1) is 11.6. The summed E-state index contributed by atoms with van der Waals surface area (Å²) >= 11 is 1.66. The molecule has 0 aliphatic rings. The Kier molecular flexibility index (Phi) is 4.40. The van der Waals surface area contributed by atoms with Gasteiger partial charge in [0.15, 0.2) is 5.78 Å². The van der Waals surface area contributed by atoms with Crippen molar-refractivity contribution in [1.29, 1.82) is 0 Å². The number of thiophene rings is 1. The summed E-state index contributed by atoms with van der Waals surface area (Å²) in [6.45, 7) is 3.89. The van der Waals surface area contributed by atoms with Crippen molar-refractivity contribution in [2.24, 2.45) is 0 Å². The van der Waals surface area contributed by atoms with Crippen LogP contribution in [0.25, 0.3) is 16.0 Å². The molecule has 1 aromatic heterocycles. The zero-order valence-corrected chi connectivity index (χ0v) is 13.5. The summed E-state index contributed by atoms with van der Waals surface area (Å²) in [5.41, 5.74) is 2.81. The van der Waals surface area contributed by atoms with Crippen LogP contribution < -0.4 is 0 Å². The molecule has 1 heterocycles. The lowest BCUT2D eigenvalue weighted by atomic mass is 9.96. The predicted octanol–water partition coefficient (Wildman–Crippen LogP) is 5.01. The van der Waals surface area contributed by atoms with E-state index in [1.807, 2.05) is 41.8 Å². The lowest BCUT2D eigenvalue weighted by molar-refractivity contribution is 0.0696. The Balaban J connectivity index is 1.80. The van der Waals surface area contributed by atoms with Gasteiger partial charge in [0.1, 0.15) is 0 Å². The molecule has 0 unspecified atom stereocenters. The number of rotatable bonds is 5. The second kappa shape index (κ2) is 6.64. The molecule has 3 aromatic rings. The summed E-state index contributed by atoms with van der Waals surface area (Å²) in [7, 11) is 0. The number of hydrogen-bond donors (Lipinski definition) is 1. The fourth-order valence-electron chi connectivity index (χ4n) is 2.35. The molecule has 2 aromatic carbocycles. The van der Waals surface area contributed by atoms with E-state index in [1.165, 1.54) is 29.1 Å². The minimum atomic E-state index is -1.02. The molecular weight excluding hydrogens is 320 g/mol. The second-order valence-electron chi connectivity index (χ2n) is 5.24. The minimum absolute atomic E-state index is 0.150. The third-order valence-electron chi connectivity index (χ3n) is 3.71. The summed E-state index contributed by atoms with van der Waals surface area (Å²) < 4.78 is 0. The summed E-state index contributed by atoms with van der Waals surface area (Å²) in [6.07, 6.45) is 0. The summed E-state index contributed by atoms with van der Waals surface area (Å²) in [6, 6.07) is 17.6. The van der Waals surface area contributed by atoms with Crippen LogP contribution in [-0.2, 0) is 0 Å². The second-order valence-corrected chi connectivity index (χ2v) is 6.19. The van der Waals surface area contributed by atoms with Gasteiger partial charge in [-0.15, -0.1) is 11.3 Å². The molecule has 0 saturated heterocycles. The van der Waals surface area contributed by atoms with E-state index in [0.29, 0.717) is 11.1 Å². The van der Waals surface area contributed by atoms with Gasteiger partial charge in [-0.1, -0.05) is 49.0 Å². The monoisotopic (exact) mass is 334 g/mol. The minimum Gasteiger partial charge on any atom is -0.478 e. The molecule has 3 nitrogen and oxygen atoms in total. The van der Waals surface area contributed by atoms with Gasteiger partial charge in [-0.05, 0) is 34.7 Å². The number of carboxylic acid groups (broad SMARTS) is 1.